The summed E-state index contributed by atoms with van der Waals surface area (Å²) in [4.78, 5) is 11.0. The molecule has 1 aliphatic carbocycles. The van der Waals surface area contributed by atoms with Gasteiger partial charge in [0, 0.05) is 0 Å². The van der Waals surface area contributed by atoms with E-state index in [1.54, 1.807) is 6.92 Å². The van der Waals surface area contributed by atoms with Crippen LogP contribution in [0.25, 0.3) is 0 Å². The van der Waals surface area contributed by atoms with Gasteiger partial charge in [-0.05, 0) is 25.3 Å². The molecule has 72 valence electrons. The minimum absolute atomic E-state index is 0.344. The van der Waals surface area contributed by atoms with Crippen molar-refractivity contribution in [2.75, 3.05) is 6.61 Å². The van der Waals surface area contributed by atoms with E-state index >= 15 is 0 Å². The molecule has 0 radical (unpaired) electrons. The van der Waals surface area contributed by atoms with Crippen LogP contribution in [0.2, 0.25) is 0 Å². The van der Waals surface area contributed by atoms with Gasteiger partial charge < -0.3 is 10.5 Å². The zero-order valence-electron chi connectivity index (χ0n) is 7.82. The second-order valence-corrected chi connectivity index (χ2v) is 3.16. The van der Waals surface area contributed by atoms with Crippen LogP contribution in [-0.2, 0) is 9.53 Å². The SMILES string of the molecule is CC(N)C(=O)OCC1=CCCC=C1. The van der Waals surface area contributed by atoms with E-state index in [0.29, 0.717) is 6.61 Å². The van der Waals surface area contributed by atoms with Crippen LogP contribution < -0.4 is 5.73 Å². The minimum Gasteiger partial charge on any atom is -0.460 e. The third-order valence-electron chi connectivity index (χ3n) is 1.82. The van der Waals surface area contributed by atoms with Crippen LogP contribution in [0.15, 0.2) is 23.8 Å². The number of hydrogen-bond donors (Lipinski definition) is 1. The first-order valence-corrected chi connectivity index (χ1v) is 4.48. The molecule has 0 bridgehead atoms. The van der Waals surface area contributed by atoms with Crippen LogP contribution in [0.3, 0.4) is 0 Å². The Morgan fingerprint density at radius 2 is 2.46 bits per heavy atom. The monoisotopic (exact) mass is 181 g/mol. The summed E-state index contributed by atoms with van der Waals surface area (Å²) in [6, 6.07) is -0.534. The van der Waals surface area contributed by atoms with Gasteiger partial charge >= 0.3 is 5.97 Å². The summed E-state index contributed by atoms with van der Waals surface area (Å²) in [5.74, 6) is -0.347. The fourth-order valence-electron chi connectivity index (χ4n) is 1.06. The van der Waals surface area contributed by atoms with E-state index in [1.165, 1.54) is 0 Å². The Kier molecular flexibility index (Phi) is 3.71. The van der Waals surface area contributed by atoms with Crippen molar-refractivity contribution in [3.05, 3.63) is 23.8 Å². The molecule has 1 aliphatic rings. The Morgan fingerprint density at radius 1 is 1.69 bits per heavy atom. The lowest BCUT2D eigenvalue weighted by molar-refractivity contribution is -0.143. The Bertz CT molecular complexity index is 241. The van der Waals surface area contributed by atoms with Crippen molar-refractivity contribution in [3.63, 3.8) is 0 Å². The number of rotatable bonds is 3. The molecular weight excluding hydrogens is 166 g/mol. The highest BCUT2D eigenvalue weighted by Crippen LogP contribution is 2.09. The van der Waals surface area contributed by atoms with Gasteiger partial charge in [0.2, 0.25) is 0 Å². The normalized spacial score (nSPS) is 17.8. The highest BCUT2D eigenvalue weighted by atomic mass is 16.5. The number of ether oxygens (including phenoxy) is 1. The lowest BCUT2D eigenvalue weighted by atomic mass is 10.1. The van der Waals surface area contributed by atoms with E-state index in [2.05, 4.69) is 12.2 Å². The van der Waals surface area contributed by atoms with Crippen LogP contribution in [0.1, 0.15) is 19.8 Å². The van der Waals surface area contributed by atoms with E-state index in [9.17, 15) is 4.79 Å². The number of carbonyl (C=O) groups is 1. The molecule has 0 amide bonds. The van der Waals surface area contributed by atoms with Gasteiger partial charge in [0.25, 0.3) is 0 Å². The maximum atomic E-state index is 11.0. The molecule has 0 aromatic carbocycles. The molecule has 3 heteroatoms. The summed E-state index contributed by atoms with van der Waals surface area (Å²) >= 11 is 0. The first-order valence-electron chi connectivity index (χ1n) is 4.48. The molecule has 0 saturated heterocycles. The van der Waals surface area contributed by atoms with Gasteiger partial charge in [-0.2, -0.15) is 0 Å². The fourth-order valence-corrected chi connectivity index (χ4v) is 1.06. The van der Waals surface area contributed by atoms with Crippen molar-refractivity contribution in [1.29, 1.82) is 0 Å². The van der Waals surface area contributed by atoms with E-state index < -0.39 is 6.04 Å². The average Bonchev–Trinajstić information content (AvgIpc) is 2.15. The maximum absolute atomic E-state index is 11.0. The summed E-state index contributed by atoms with van der Waals surface area (Å²) in [6.07, 6.45) is 8.24. The summed E-state index contributed by atoms with van der Waals surface area (Å²) in [6.45, 7) is 1.96. The zero-order valence-corrected chi connectivity index (χ0v) is 7.82. The van der Waals surface area contributed by atoms with Crippen molar-refractivity contribution < 1.29 is 9.53 Å². The molecule has 0 aromatic rings. The highest BCUT2D eigenvalue weighted by Gasteiger charge is 2.08. The summed E-state index contributed by atoms with van der Waals surface area (Å²) in [5, 5.41) is 0. The van der Waals surface area contributed by atoms with Crippen LogP contribution in [-0.4, -0.2) is 18.6 Å². The first-order chi connectivity index (χ1) is 6.20. The maximum Gasteiger partial charge on any atom is 0.322 e. The molecule has 0 spiro atoms. The van der Waals surface area contributed by atoms with Crippen LogP contribution in [0, 0.1) is 0 Å². The lowest BCUT2D eigenvalue weighted by Gasteiger charge is -2.09. The molecule has 1 rings (SSSR count). The average molecular weight is 181 g/mol. The van der Waals surface area contributed by atoms with Gasteiger partial charge in [0.05, 0.1) is 0 Å². The number of esters is 1. The Labute approximate surface area is 78.3 Å². The molecule has 3 nitrogen and oxygen atoms in total. The smallest absolute Gasteiger partial charge is 0.322 e. The van der Waals surface area contributed by atoms with Gasteiger partial charge in [-0.1, -0.05) is 18.2 Å². The second-order valence-electron chi connectivity index (χ2n) is 3.16. The van der Waals surface area contributed by atoms with E-state index in [4.69, 9.17) is 10.5 Å². The number of carbonyl (C=O) groups excluding carboxylic acids is 1. The fraction of sp³-hybridized carbons (Fsp3) is 0.500. The largest absolute Gasteiger partial charge is 0.460 e. The Hall–Kier alpha value is -1.09. The van der Waals surface area contributed by atoms with Crippen molar-refractivity contribution >= 4 is 5.97 Å². The molecule has 1 unspecified atom stereocenters. The van der Waals surface area contributed by atoms with Crippen LogP contribution in [0.5, 0.6) is 0 Å². The summed E-state index contributed by atoms with van der Waals surface area (Å²) in [7, 11) is 0. The standard InChI is InChI=1S/C10H15NO2/c1-8(11)10(12)13-7-9-5-3-2-4-6-9/h3,5-6,8H,2,4,7,11H2,1H3. The molecule has 1 atom stereocenters. The molecule has 2 N–H and O–H groups in total. The minimum atomic E-state index is -0.534. The molecular formula is C10H15NO2. The van der Waals surface area contributed by atoms with Gasteiger partial charge in [-0.15, -0.1) is 0 Å². The number of hydrogen-bond acceptors (Lipinski definition) is 3. The van der Waals surface area contributed by atoms with Crippen LogP contribution >= 0.6 is 0 Å². The van der Waals surface area contributed by atoms with Gasteiger partial charge in [-0.3, -0.25) is 4.79 Å². The molecule has 0 saturated carbocycles. The van der Waals surface area contributed by atoms with Gasteiger partial charge in [-0.25, -0.2) is 0 Å². The molecule has 0 aliphatic heterocycles. The van der Waals surface area contributed by atoms with Crippen LogP contribution in [0.4, 0.5) is 0 Å². The zero-order chi connectivity index (χ0) is 9.68. The predicted molar refractivity (Wildman–Crippen MR) is 51.1 cm³/mol. The molecule has 0 fully saturated rings. The van der Waals surface area contributed by atoms with Crippen molar-refractivity contribution in [2.24, 2.45) is 5.73 Å². The summed E-state index contributed by atoms with van der Waals surface area (Å²) in [5.41, 5.74) is 6.40. The predicted octanol–water partition coefficient (Wildman–Crippen LogP) is 1.15. The van der Waals surface area contributed by atoms with Crippen molar-refractivity contribution in [1.82, 2.24) is 0 Å². The van der Waals surface area contributed by atoms with E-state index in [0.717, 1.165) is 18.4 Å². The van der Waals surface area contributed by atoms with Crippen molar-refractivity contribution in [3.8, 4) is 0 Å². The van der Waals surface area contributed by atoms with Gasteiger partial charge in [0.1, 0.15) is 12.6 Å². The van der Waals surface area contributed by atoms with E-state index in [-0.39, 0.29) is 5.97 Å². The van der Waals surface area contributed by atoms with Gasteiger partial charge in [0.15, 0.2) is 0 Å². The summed E-state index contributed by atoms with van der Waals surface area (Å²) < 4.78 is 4.96. The third kappa shape index (κ3) is 3.42. The molecule has 0 heterocycles. The third-order valence-corrected chi connectivity index (χ3v) is 1.82. The van der Waals surface area contributed by atoms with Crippen molar-refractivity contribution in [2.45, 2.75) is 25.8 Å². The number of nitrogens with two attached hydrogens (primary N) is 1. The Balaban J connectivity index is 2.30. The first kappa shape index (κ1) is 9.99. The Morgan fingerprint density at radius 3 is 3.00 bits per heavy atom. The molecule has 0 aromatic heterocycles. The molecule has 13 heavy (non-hydrogen) atoms. The quantitative estimate of drug-likeness (QED) is 0.664. The highest BCUT2D eigenvalue weighted by molar-refractivity contribution is 5.75. The topological polar surface area (TPSA) is 52.3 Å². The van der Waals surface area contributed by atoms with E-state index in [1.807, 2.05) is 6.08 Å². The lowest BCUT2D eigenvalue weighted by Crippen LogP contribution is -2.29. The second kappa shape index (κ2) is 4.82. The number of allylic oxidation sites excluding steroid dienone is 2.